The number of aryl methyl sites for hydroxylation is 1. The Morgan fingerprint density at radius 1 is 1.16 bits per heavy atom. The van der Waals surface area contributed by atoms with Gasteiger partial charge >= 0.3 is 0 Å². The number of fused-ring (bicyclic) bond motifs is 1. The smallest absolute Gasteiger partial charge is 0.147 e. The Balaban J connectivity index is 1.93. The van der Waals surface area contributed by atoms with Gasteiger partial charge in [-0.1, -0.05) is 30.3 Å². The van der Waals surface area contributed by atoms with Gasteiger partial charge in [0.25, 0.3) is 0 Å². The van der Waals surface area contributed by atoms with E-state index in [1.165, 1.54) is 11.1 Å². The number of hydrogen-bond donors (Lipinski definition) is 1. The summed E-state index contributed by atoms with van der Waals surface area (Å²) in [5, 5.41) is 5.60. The van der Waals surface area contributed by atoms with Gasteiger partial charge in [-0.2, -0.15) is 0 Å². The molecule has 19 heavy (non-hydrogen) atoms. The molecule has 96 valence electrons. The minimum Gasteiger partial charge on any atom is -0.362 e. The van der Waals surface area contributed by atoms with Crippen LogP contribution in [0.5, 0.6) is 0 Å². The fourth-order valence-electron chi connectivity index (χ4n) is 2.10. The van der Waals surface area contributed by atoms with Gasteiger partial charge < -0.3 is 5.32 Å². The van der Waals surface area contributed by atoms with Gasteiger partial charge in [0.2, 0.25) is 0 Å². The summed E-state index contributed by atoms with van der Waals surface area (Å²) in [5.41, 5.74) is 3.50. The molecular weight excluding hydrogens is 254 g/mol. The molecule has 1 aromatic carbocycles. The van der Waals surface area contributed by atoms with E-state index >= 15 is 0 Å². The van der Waals surface area contributed by atoms with Gasteiger partial charge in [-0.25, -0.2) is 9.97 Å². The van der Waals surface area contributed by atoms with Gasteiger partial charge in [0.15, 0.2) is 0 Å². The molecule has 0 radical (unpaired) electrons. The zero-order chi connectivity index (χ0) is 13.2. The molecule has 0 aliphatic rings. The Hall–Kier alpha value is -1.94. The summed E-state index contributed by atoms with van der Waals surface area (Å²) >= 11 is 1.69. The van der Waals surface area contributed by atoms with Crippen molar-refractivity contribution < 1.29 is 0 Å². The number of rotatable bonds is 3. The zero-order valence-electron chi connectivity index (χ0n) is 10.9. The first-order chi connectivity index (χ1) is 9.25. The zero-order valence-corrected chi connectivity index (χ0v) is 11.7. The van der Waals surface area contributed by atoms with Crippen LogP contribution in [0.15, 0.2) is 42.0 Å². The Labute approximate surface area is 116 Å². The number of hydrogen-bond acceptors (Lipinski definition) is 4. The monoisotopic (exact) mass is 269 g/mol. The third kappa shape index (κ3) is 2.31. The van der Waals surface area contributed by atoms with Crippen LogP contribution in [0.2, 0.25) is 0 Å². The van der Waals surface area contributed by atoms with Crippen molar-refractivity contribution in [2.24, 2.45) is 0 Å². The number of thiophene rings is 1. The first-order valence-corrected chi connectivity index (χ1v) is 7.14. The highest BCUT2D eigenvalue weighted by Gasteiger charge is 2.11. The van der Waals surface area contributed by atoms with Crippen LogP contribution >= 0.6 is 11.3 Å². The van der Waals surface area contributed by atoms with E-state index in [0.29, 0.717) is 0 Å². The highest BCUT2D eigenvalue weighted by molar-refractivity contribution is 7.18. The quantitative estimate of drug-likeness (QED) is 0.775. The molecule has 0 unspecified atom stereocenters. The molecule has 2 aromatic heterocycles. The van der Waals surface area contributed by atoms with Crippen molar-refractivity contribution in [3.8, 4) is 0 Å². The van der Waals surface area contributed by atoms with E-state index in [1.54, 1.807) is 17.7 Å². The second-order valence-electron chi connectivity index (χ2n) is 4.60. The molecule has 0 amide bonds. The molecule has 4 heteroatoms. The van der Waals surface area contributed by atoms with Gasteiger partial charge in [0.05, 0.1) is 10.2 Å². The van der Waals surface area contributed by atoms with Crippen LogP contribution < -0.4 is 5.32 Å². The maximum absolute atomic E-state index is 4.37. The predicted molar refractivity (Wildman–Crippen MR) is 80.6 cm³/mol. The standard InChI is InChI=1S/C15H15N3S/c1-10-8-19-14-13(10)16-9-17-15(14)18-11(2)12-6-4-3-5-7-12/h3-9,11H,1-2H3,(H,16,17,18)/t11-/m0/s1. The van der Waals surface area contributed by atoms with Crippen LogP contribution in [-0.2, 0) is 0 Å². The normalized spacial score (nSPS) is 12.5. The molecule has 0 saturated heterocycles. The highest BCUT2D eigenvalue weighted by Crippen LogP contribution is 2.30. The molecule has 0 aliphatic heterocycles. The maximum atomic E-state index is 4.37. The molecular formula is C15H15N3S. The summed E-state index contributed by atoms with van der Waals surface area (Å²) in [4.78, 5) is 8.71. The van der Waals surface area contributed by atoms with Crippen molar-refractivity contribution in [3.05, 3.63) is 53.2 Å². The topological polar surface area (TPSA) is 37.8 Å². The molecule has 1 N–H and O–H groups in total. The average molecular weight is 269 g/mol. The van der Waals surface area contributed by atoms with Crippen LogP contribution in [0, 0.1) is 6.92 Å². The van der Waals surface area contributed by atoms with Crippen LogP contribution in [0.4, 0.5) is 5.82 Å². The summed E-state index contributed by atoms with van der Waals surface area (Å²) in [5.74, 6) is 0.916. The molecule has 3 rings (SSSR count). The van der Waals surface area contributed by atoms with Crippen molar-refractivity contribution in [1.82, 2.24) is 9.97 Å². The molecule has 0 aliphatic carbocycles. The number of anilines is 1. The lowest BCUT2D eigenvalue weighted by Gasteiger charge is -2.15. The summed E-state index contributed by atoms with van der Waals surface area (Å²) in [7, 11) is 0. The van der Waals surface area contributed by atoms with E-state index in [9.17, 15) is 0 Å². The van der Waals surface area contributed by atoms with E-state index in [2.05, 4.69) is 58.8 Å². The van der Waals surface area contributed by atoms with Crippen LogP contribution in [0.3, 0.4) is 0 Å². The largest absolute Gasteiger partial charge is 0.362 e. The SMILES string of the molecule is Cc1csc2c(N[C@@H](C)c3ccccc3)ncnc12. The number of benzene rings is 1. The number of aromatic nitrogens is 2. The summed E-state index contributed by atoms with van der Waals surface area (Å²) in [6.45, 7) is 4.22. The lowest BCUT2D eigenvalue weighted by atomic mass is 10.1. The second kappa shape index (κ2) is 4.97. The van der Waals surface area contributed by atoms with Gasteiger partial charge in [-0.05, 0) is 30.4 Å². The van der Waals surface area contributed by atoms with Crippen LogP contribution in [-0.4, -0.2) is 9.97 Å². The molecule has 2 heterocycles. The third-order valence-corrected chi connectivity index (χ3v) is 4.28. The molecule has 3 aromatic rings. The third-order valence-electron chi connectivity index (χ3n) is 3.18. The maximum Gasteiger partial charge on any atom is 0.147 e. The fourth-order valence-corrected chi connectivity index (χ4v) is 3.06. The molecule has 3 nitrogen and oxygen atoms in total. The summed E-state index contributed by atoms with van der Waals surface area (Å²) < 4.78 is 1.13. The van der Waals surface area contributed by atoms with Crippen molar-refractivity contribution in [3.63, 3.8) is 0 Å². The summed E-state index contributed by atoms with van der Waals surface area (Å²) in [6.07, 6.45) is 1.63. The average Bonchev–Trinajstić information content (AvgIpc) is 2.83. The fraction of sp³-hybridized carbons (Fsp3) is 0.200. The Kier molecular flexibility index (Phi) is 3.17. The Morgan fingerprint density at radius 3 is 2.74 bits per heavy atom. The lowest BCUT2D eigenvalue weighted by molar-refractivity contribution is 0.876. The van der Waals surface area contributed by atoms with Crippen molar-refractivity contribution >= 4 is 27.4 Å². The first kappa shape index (κ1) is 12.1. The van der Waals surface area contributed by atoms with Crippen molar-refractivity contribution in [2.45, 2.75) is 19.9 Å². The van der Waals surface area contributed by atoms with Crippen LogP contribution in [0.25, 0.3) is 10.2 Å². The van der Waals surface area contributed by atoms with E-state index < -0.39 is 0 Å². The molecule has 0 fully saturated rings. The van der Waals surface area contributed by atoms with Gasteiger partial charge in [-0.3, -0.25) is 0 Å². The molecule has 0 saturated carbocycles. The second-order valence-corrected chi connectivity index (χ2v) is 5.48. The van der Waals surface area contributed by atoms with Crippen LogP contribution in [0.1, 0.15) is 24.1 Å². The van der Waals surface area contributed by atoms with E-state index in [0.717, 1.165) is 16.0 Å². The molecule has 1 atom stereocenters. The Morgan fingerprint density at radius 2 is 1.95 bits per heavy atom. The van der Waals surface area contributed by atoms with Crippen molar-refractivity contribution in [1.29, 1.82) is 0 Å². The minimum atomic E-state index is 0.224. The first-order valence-electron chi connectivity index (χ1n) is 6.26. The van der Waals surface area contributed by atoms with Gasteiger partial charge in [0.1, 0.15) is 12.1 Å². The molecule has 0 bridgehead atoms. The van der Waals surface area contributed by atoms with E-state index in [4.69, 9.17) is 0 Å². The van der Waals surface area contributed by atoms with E-state index in [-0.39, 0.29) is 6.04 Å². The van der Waals surface area contributed by atoms with Gasteiger partial charge in [0, 0.05) is 6.04 Å². The van der Waals surface area contributed by atoms with E-state index in [1.807, 2.05) is 6.07 Å². The number of nitrogens with one attached hydrogen (secondary N) is 1. The predicted octanol–water partition coefficient (Wildman–Crippen LogP) is 4.17. The lowest BCUT2D eigenvalue weighted by Crippen LogP contribution is -2.07. The van der Waals surface area contributed by atoms with Crippen molar-refractivity contribution in [2.75, 3.05) is 5.32 Å². The number of nitrogens with zero attached hydrogens (tertiary/aromatic N) is 2. The highest BCUT2D eigenvalue weighted by atomic mass is 32.1. The summed E-state index contributed by atoms with van der Waals surface area (Å²) in [6, 6.07) is 10.6. The Bertz CT molecular complexity index is 691. The minimum absolute atomic E-state index is 0.224. The van der Waals surface area contributed by atoms with Gasteiger partial charge in [-0.15, -0.1) is 11.3 Å². The molecule has 0 spiro atoms.